The molecule has 100 valence electrons. The predicted molar refractivity (Wildman–Crippen MR) is 65.8 cm³/mol. The second-order valence-corrected chi connectivity index (χ2v) is 4.87. The fourth-order valence-electron chi connectivity index (χ4n) is 2.48. The predicted octanol–water partition coefficient (Wildman–Crippen LogP) is -0.127. The summed E-state index contributed by atoms with van der Waals surface area (Å²) >= 11 is 0. The molecule has 18 heavy (non-hydrogen) atoms. The summed E-state index contributed by atoms with van der Waals surface area (Å²) in [5, 5.41) is 12.8. The standard InChI is InChI=1S/C12H19N3O3/c16-7-5-9-2-1-6-15(8-9)12(18)10-3-4-11(17)14-13-10/h9,16H,1-8H2,(H,14,17). The molecule has 0 spiro atoms. The van der Waals surface area contributed by atoms with Gasteiger partial charge >= 0.3 is 0 Å². The minimum atomic E-state index is -0.136. The Morgan fingerprint density at radius 2 is 2.33 bits per heavy atom. The van der Waals surface area contributed by atoms with Gasteiger partial charge < -0.3 is 10.0 Å². The zero-order valence-electron chi connectivity index (χ0n) is 10.4. The lowest BCUT2D eigenvalue weighted by atomic mass is 9.94. The molecule has 2 rings (SSSR count). The number of likely N-dealkylation sites (tertiary alicyclic amines) is 1. The van der Waals surface area contributed by atoms with Crippen LogP contribution >= 0.6 is 0 Å². The highest BCUT2D eigenvalue weighted by molar-refractivity contribution is 6.39. The molecule has 0 saturated carbocycles. The summed E-state index contributed by atoms with van der Waals surface area (Å²) in [4.78, 5) is 25.0. The van der Waals surface area contributed by atoms with Crippen molar-refractivity contribution in [3.05, 3.63) is 0 Å². The van der Waals surface area contributed by atoms with Crippen molar-refractivity contribution in [2.24, 2.45) is 11.0 Å². The van der Waals surface area contributed by atoms with Gasteiger partial charge in [-0.1, -0.05) is 0 Å². The van der Waals surface area contributed by atoms with Crippen LogP contribution in [0.15, 0.2) is 5.10 Å². The molecule has 0 radical (unpaired) electrons. The minimum absolute atomic E-state index is 0.0716. The Balaban J connectivity index is 1.94. The molecule has 0 aromatic rings. The van der Waals surface area contributed by atoms with Crippen molar-refractivity contribution in [2.45, 2.75) is 32.1 Å². The molecule has 1 fully saturated rings. The summed E-state index contributed by atoms with van der Waals surface area (Å²) in [5.41, 5.74) is 2.79. The molecule has 2 N–H and O–H groups in total. The van der Waals surface area contributed by atoms with Gasteiger partial charge in [-0.05, 0) is 25.2 Å². The molecule has 0 aromatic heterocycles. The largest absolute Gasteiger partial charge is 0.396 e. The molecule has 6 heteroatoms. The van der Waals surface area contributed by atoms with Gasteiger partial charge in [0.2, 0.25) is 5.91 Å². The quantitative estimate of drug-likeness (QED) is 0.735. The molecule has 0 aliphatic carbocycles. The lowest BCUT2D eigenvalue weighted by Gasteiger charge is -2.33. The maximum absolute atomic E-state index is 12.2. The van der Waals surface area contributed by atoms with Gasteiger partial charge in [0, 0.05) is 32.5 Å². The van der Waals surface area contributed by atoms with Crippen LogP contribution in [0, 0.1) is 5.92 Å². The third kappa shape index (κ3) is 3.07. The van der Waals surface area contributed by atoms with Gasteiger partial charge in [-0.25, -0.2) is 5.43 Å². The van der Waals surface area contributed by atoms with Crippen LogP contribution in [0.4, 0.5) is 0 Å². The Kier molecular flexibility index (Phi) is 4.30. The van der Waals surface area contributed by atoms with Crippen LogP contribution in [0.1, 0.15) is 32.1 Å². The van der Waals surface area contributed by atoms with Gasteiger partial charge in [0.05, 0.1) is 0 Å². The van der Waals surface area contributed by atoms with E-state index in [1.165, 1.54) is 0 Å². The van der Waals surface area contributed by atoms with Crippen molar-refractivity contribution in [2.75, 3.05) is 19.7 Å². The molecule has 6 nitrogen and oxygen atoms in total. The molecule has 2 heterocycles. The Labute approximate surface area is 106 Å². The highest BCUT2D eigenvalue weighted by Gasteiger charge is 2.27. The van der Waals surface area contributed by atoms with E-state index < -0.39 is 0 Å². The van der Waals surface area contributed by atoms with Crippen LogP contribution in [0.3, 0.4) is 0 Å². The van der Waals surface area contributed by atoms with Gasteiger partial charge in [-0.3, -0.25) is 9.59 Å². The van der Waals surface area contributed by atoms with Crippen molar-refractivity contribution in [1.82, 2.24) is 10.3 Å². The monoisotopic (exact) mass is 253 g/mol. The summed E-state index contributed by atoms with van der Waals surface area (Å²) in [6.45, 7) is 1.60. The number of aliphatic hydroxyl groups is 1. The van der Waals surface area contributed by atoms with E-state index in [1.54, 1.807) is 4.90 Å². The van der Waals surface area contributed by atoms with Crippen LogP contribution in [0.25, 0.3) is 0 Å². The number of hydrogen-bond donors (Lipinski definition) is 2. The Morgan fingerprint density at radius 3 is 3.00 bits per heavy atom. The maximum Gasteiger partial charge on any atom is 0.270 e. The molecule has 0 bridgehead atoms. The first-order valence-corrected chi connectivity index (χ1v) is 6.46. The summed E-state index contributed by atoms with van der Waals surface area (Å²) in [6.07, 6.45) is 3.53. The van der Waals surface area contributed by atoms with E-state index in [4.69, 9.17) is 5.11 Å². The van der Waals surface area contributed by atoms with Crippen molar-refractivity contribution >= 4 is 17.5 Å². The van der Waals surface area contributed by atoms with Gasteiger partial charge in [0.25, 0.3) is 5.91 Å². The number of nitrogens with zero attached hydrogens (tertiary/aromatic N) is 2. The van der Waals surface area contributed by atoms with Crippen molar-refractivity contribution in [3.63, 3.8) is 0 Å². The molecule has 2 aliphatic rings. The van der Waals surface area contributed by atoms with Crippen molar-refractivity contribution in [3.8, 4) is 0 Å². The number of rotatable bonds is 3. The molecule has 2 amide bonds. The SMILES string of the molecule is O=C1CCC(C(=O)N2CCCC(CCO)C2)=NN1. The Bertz CT molecular complexity index is 366. The molecule has 1 unspecified atom stereocenters. The maximum atomic E-state index is 12.2. The minimum Gasteiger partial charge on any atom is -0.396 e. The van der Waals surface area contributed by atoms with Crippen molar-refractivity contribution in [1.29, 1.82) is 0 Å². The molecule has 0 aromatic carbocycles. The fourth-order valence-corrected chi connectivity index (χ4v) is 2.48. The topological polar surface area (TPSA) is 82.0 Å². The number of nitrogens with one attached hydrogen (secondary N) is 1. The smallest absolute Gasteiger partial charge is 0.270 e. The second-order valence-electron chi connectivity index (χ2n) is 4.87. The number of aliphatic hydroxyl groups excluding tert-OH is 1. The highest BCUT2D eigenvalue weighted by atomic mass is 16.3. The summed E-state index contributed by atoms with van der Waals surface area (Å²) in [5.74, 6) is 0.174. The van der Waals surface area contributed by atoms with E-state index in [1.807, 2.05) is 0 Å². The van der Waals surface area contributed by atoms with Crippen molar-refractivity contribution < 1.29 is 14.7 Å². The molecular weight excluding hydrogens is 234 g/mol. The van der Waals surface area contributed by atoms with E-state index in [0.717, 1.165) is 25.8 Å². The first-order chi connectivity index (χ1) is 8.70. The van der Waals surface area contributed by atoms with E-state index in [-0.39, 0.29) is 18.4 Å². The molecule has 1 saturated heterocycles. The lowest BCUT2D eigenvalue weighted by Crippen LogP contribution is -2.45. The Morgan fingerprint density at radius 1 is 1.50 bits per heavy atom. The third-order valence-electron chi connectivity index (χ3n) is 3.49. The van der Waals surface area contributed by atoms with Crippen LogP contribution in [0.5, 0.6) is 0 Å². The van der Waals surface area contributed by atoms with Gasteiger partial charge in [-0.15, -0.1) is 0 Å². The highest BCUT2D eigenvalue weighted by Crippen LogP contribution is 2.20. The first kappa shape index (κ1) is 13.0. The average molecular weight is 253 g/mol. The number of hydrazone groups is 1. The van der Waals surface area contributed by atoms with Crippen LogP contribution in [-0.4, -0.2) is 47.2 Å². The Hall–Kier alpha value is -1.43. The zero-order chi connectivity index (χ0) is 13.0. The van der Waals surface area contributed by atoms with Crippen LogP contribution < -0.4 is 5.43 Å². The number of hydrogen-bond acceptors (Lipinski definition) is 4. The number of amides is 2. The molecule has 2 aliphatic heterocycles. The van der Waals surface area contributed by atoms with Gasteiger partial charge in [0.1, 0.15) is 5.71 Å². The number of carbonyl (C=O) groups is 2. The summed E-state index contributed by atoms with van der Waals surface area (Å²) in [6, 6.07) is 0. The zero-order valence-corrected chi connectivity index (χ0v) is 10.4. The van der Waals surface area contributed by atoms with Crippen LogP contribution in [0.2, 0.25) is 0 Å². The van der Waals surface area contributed by atoms with E-state index >= 15 is 0 Å². The van der Waals surface area contributed by atoms with E-state index in [9.17, 15) is 9.59 Å². The number of carbonyl (C=O) groups excluding carboxylic acids is 2. The normalized spacial score (nSPS) is 24.5. The van der Waals surface area contributed by atoms with Gasteiger partial charge in [0.15, 0.2) is 0 Å². The van der Waals surface area contributed by atoms with E-state index in [2.05, 4.69) is 10.5 Å². The van der Waals surface area contributed by atoms with Gasteiger partial charge in [-0.2, -0.15) is 5.10 Å². The first-order valence-electron chi connectivity index (χ1n) is 6.46. The third-order valence-corrected chi connectivity index (χ3v) is 3.49. The lowest BCUT2D eigenvalue weighted by molar-refractivity contribution is -0.126. The average Bonchev–Trinajstić information content (AvgIpc) is 2.39. The summed E-state index contributed by atoms with van der Waals surface area (Å²) in [7, 11) is 0. The molecule has 1 atom stereocenters. The fraction of sp³-hybridized carbons (Fsp3) is 0.750. The van der Waals surface area contributed by atoms with E-state index in [0.29, 0.717) is 31.0 Å². The number of piperidine rings is 1. The van der Waals surface area contributed by atoms with Crippen LogP contribution in [-0.2, 0) is 9.59 Å². The summed E-state index contributed by atoms with van der Waals surface area (Å²) < 4.78 is 0. The molecular formula is C12H19N3O3. The second kappa shape index (κ2) is 5.95.